The van der Waals surface area contributed by atoms with Crippen molar-refractivity contribution in [3.05, 3.63) is 0 Å². The van der Waals surface area contributed by atoms with Crippen molar-refractivity contribution < 1.29 is 9.59 Å². The molecule has 12 heavy (non-hydrogen) atoms. The van der Waals surface area contributed by atoms with E-state index in [0.717, 1.165) is 0 Å². The molecule has 0 radical (unpaired) electrons. The Morgan fingerprint density at radius 1 is 1.00 bits per heavy atom. The molecule has 0 aromatic rings. The molecule has 6 nitrogen and oxygen atoms in total. The molecule has 2 amide bonds. The zero-order valence-electron chi connectivity index (χ0n) is 6.20. The molecule has 0 aliphatic rings. The predicted octanol–water partition coefficient (Wildman–Crippen LogP) is -1.65. The Hall–Kier alpha value is -0.440. The van der Waals surface area contributed by atoms with Gasteiger partial charge in [0.2, 0.25) is 11.8 Å². The number of nitrogens with one attached hydrogen (secondary N) is 2. The van der Waals surface area contributed by atoms with Gasteiger partial charge in [0, 0.05) is 0 Å². The van der Waals surface area contributed by atoms with E-state index in [4.69, 9.17) is 11.7 Å². The molecule has 0 aromatic heterocycles. The summed E-state index contributed by atoms with van der Waals surface area (Å²) >= 11 is 0. The summed E-state index contributed by atoms with van der Waals surface area (Å²) < 4.78 is 0. The maximum atomic E-state index is 10.5. The van der Waals surface area contributed by atoms with Crippen LogP contribution in [0.25, 0.3) is 0 Å². The van der Waals surface area contributed by atoms with Gasteiger partial charge >= 0.3 is 0 Å². The van der Waals surface area contributed by atoms with Crippen LogP contribution < -0.4 is 22.5 Å². The van der Waals surface area contributed by atoms with Gasteiger partial charge in [-0.1, -0.05) is 21.6 Å². The molecule has 70 valence electrons. The Labute approximate surface area is 77.5 Å². The van der Waals surface area contributed by atoms with Gasteiger partial charge in [-0.05, 0) is 0 Å². The zero-order valence-corrected chi connectivity index (χ0v) is 7.83. The summed E-state index contributed by atoms with van der Waals surface area (Å²) in [5.74, 6) is 9.53. The molecule has 0 saturated carbocycles. The predicted molar refractivity (Wildman–Crippen MR) is 49.6 cm³/mol. The average molecular weight is 210 g/mol. The maximum Gasteiger partial charge on any atom is 0.244 e. The SMILES string of the molecule is NNC(=O)CSSCC(=O)NN. The summed E-state index contributed by atoms with van der Waals surface area (Å²) in [7, 11) is 2.48. The van der Waals surface area contributed by atoms with Gasteiger partial charge in [0.25, 0.3) is 0 Å². The lowest BCUT2D eigenvalue weighted by atomic mass is 10.8. The number of hydrogen-bond acceptors (Lipinski definition) is 6. The quantitative estimate of drug-likeness (QED) is 0.142. The van der Waals surface area contributed by atoms with Crippen molar-refractivity contribution in [2.75, 3.05) is 11.5 Å². The standard InChI is InChI=1S/C4H10N4O2S2/c5-7-3(9)1-11-12-2-4(10)8-6/h1-2,5-6H2,(H,7,9)(H,8,10). The van der Waals surface area contributed by atoms with E-state index in [-0.39, 0.29) is 23.3 Å². The molecule has 0 heterocycles. The lowest BCUT2D eigenvalue weighted by molar-refractivity contribution is -0.119. The number of amides is 2. The van der Waals surface area contributed by atoms with E-state index in [0.29, 0.717) is 0 Å². The van der Waals surface area contributed by atoms with Gasteiger partial charge in [-0.25, -0.2) is 11.7 Å². The van der Waals surface area contributed by atoms with Crippen LogP contribution in [-0.4, -0.2) is 23.3 Å². The molecule has 8 heteroatoms. The van der Waals surface area contributed by atoms with Crippen LogP contribution >= 0.6 is 21.6 Å². The summed E-state index contributed by atoms with van der Waals surface area (Å²) in [5, 5.41) is 0. The molecular formula is C4H10N4O2S2. The topological polar surface area (TPSA) is 110 Å². The third-order valence-electron chi connectivity index (χ3n) is 0.785. The smallest absolute Gasteiger partial charge is 0.244 e. The Morgan fingerprint density at radius 3 is 1.58 bits per heavy atom. The highest BCUT2D eigenvalue weighted by atomic mass is 33.1. The van der Waals surface area contributed by atoms with E-state index >= 15 is 0 Å². The van der Waals surface area contributed by atoms with Crippen LogP contribution in [0.1, 0.15) is 0 Å². The molecule has 0 rings (SSSR count). The summed E-state index contributed by atoms with van der Waals surface area (Å²) in [5.41, 5.74) is 3.94. The molecule has 0 atom stereocenters. The van der Waals surface area contributed by atoms with Crippen molar-refractivity contribution in [2.45, 2.75) is 0 Å². The highest BCUT2D eigenvalue weighted by Crippen LogP contribution is 2.19. The van der Waals surface area contributed by atoms with Crippen molar-refractivity contribution in [1.29, 1.82) is 0 Å². The Kier molecular flexibility index (Phi) is 6.96. The van der Waals surface area contributed by atoms with Gasteiger partial charge in [0.05, 0.1) is 11.5 Å². The first-order valence-electron chi connectivity index (χ1n) is 2.94. The highest BCUT2D eigenvalue weighted by molar-refractivity contribution is 8.77. The van der Waals surface area contributed by atoms with Crippen molar-refractivity contribution in [1.82, 2.24) is 10.9 Å². The number of rotatable bonds is 5. The fraction of sp³-hybridized carbons (Fsp3) is 0.500. The first-order chi connectivity index (χ1) is 5.70. The van der Waals surface area contributed by atoms with E-state index in [1.807, 2.05) is 10.9 Å². The minimum absolute atomic E-state index is 0.221. The van der Waals surface area contributed by atoms with Crippen molar-refractivity contribution in [3.63, 3.8) is 0 Å². The van der Waals surface area contributed by atoms with E-state index in [9.17, 15) is 9.59 Å². The number of hydrazine groups is 2. The van der Waals surface area contributed by atoms with E-state index < -0.39 is 0 Å². The fourth-order valence-electron chi connectivity index (χ4n) is 0.274. The second kappa shape index (κ2) is 7.22. The average Bonchev–Trinajstić information content (AvgIpc) is 2.11. The van der Waals surface area contributed by atoms with Gasteiger partial charge in [0.15, 0.2) is 0 Å². The van der Waals surface area contributed by atoms with E-state index in [1.54, 1.807) is 0 Å². The zero-order chi connectivity index (χ0) is 9.40. The number of carbonyl (C=O) groups excluding carboxylic acids is 2. The largest absolute Gasteiger partial charge is 0.294 e. The minimum Gasteiger partial charge on any atom is -0.294 e. The van der Waals surface area contributed by atoms with Crippen molar-refractivity contribution in [3.8, 4) is 0 Å². The van der Waals surface area contributed by atoms with Crippen LogP contribution in [0, 0.1) is 0 Å². The van der Waals surface area contributed by atoms with Gasteiger partial charge < -0.3 is 0 Å². The lowest BCUT2D eigenvalue weighted by Gasteiger charge is -1.98. The molecule has 0 aliphatic heterocycles. The molecule has 0 unspecified atom stereocenters. The molecule has 0 saturated heterocycles. The Balaban J connectivity index is 3.21. The highest BCUT2D eigenvalue weighted by Gasteiger charge is 2.01. The molecule has 0 fully saturated rings. The Morgan fingerprint density at radius 2 is 1.33 bits per heavy atom. The molecular weight excluding hydrogens is 200 g/mol. The maximum absolute atomic E-state index is 10.5. The summed E-state index contributed by atoms with van der Waals surface area (Å²) in [6.45, 7) is 0. The van der Waals surface area contributed by atoms with Crippen LogP contribution in [0.5, 0.6) is 0 Å². The Bertz CT molecular complexity index is 147. The number of nitrogens with two attached hydrogens (primary N) is 2. The van der Waals surface area contributed by atoms with Gasteiger partial charge in [-0.15, -0.1) is 0 Å². The molecule has 0 spiro atoms. The second-order valence-corrected chi connectivity index (χ2v) is 4.12. The third kappa shape index (κ3) is 6.28. The van der Waals surface area contributed by atoms with Crippen molar-refractivity contribution in [2.24, 2.45) is 11.7 Å². The molecule has 0 aliphatic carbocycles. The lowest BCUT2D eigenvalue weighted by Crippen LogP contribution is -2.32. The second-order valence-electron chi connectivity index (χ2n) is 1.66. The fourth-order valence-corrected chi connectivity index (χ4v) is 1.96. The van der Waals surface area contributed by atoms with Gasteiger partial charge in [0.1, 0.15) is 0 Å². The summed E-state index contributed by atoms with van der Waals surface area (Å²) in [6.07, 6.45) is 0. The van der Waals surface area contributed by atoms with Crippen LogP contribution in [-0.2, 0) is 9.59 Å². The summed E-state index contributed by atoms with van der Waals surface area (Å²) in [4.78, 5) is 21.1. The monoisotopic (exact) mass is 210 g/mol. The normalized spacial score (nSPS) is 9.17. The van der Waals surface area contributed by atoms with E-state index in [2.05, 4.69) is 0 Å². The van der Waals surface area contributed by atoms with Crippen molar-refractivity contribution >= 4 is 33.4 Å². The van der Waals surface area contributed by atoms with Gasteiger partial charge in [-0.2, -0.15) is 0 Å². The van der Waals surface area contributed by atoms with Crippen LogP contribution in [0.2, 0.25) is 0 Å². The number of hydrogen-bond donors (Lipinski definition) is 4. The number of carbonyl (C=O) groups is 2. The molecule has 0 aromatic carbocycles. The third-order valence-corrected chi connectivity index (χ3v) is 2.92. The summed E-state index contributed by atoms with van der Waals surface area (Å²) in [6, 6.07) is 0. The van der Waals surface area contributed by atoms with E-state index in [1.165, 1.54) is 21.6 Å². The van der Waals surface area contributed by atoms with Gasteiger partial charge in [-0.3, -0.25) is 20.4 Å². The van der Waals surface area contributed by atoms with Crippen LogP contribution in [0.3, 0.4) is 0 Å². The molecule has 0 bridgehead atoms. The first-order valence-corrected chi connectivity index (χ1v) is 5.42. The first kappa shape index (κ1) is 11.6. The van der Waals surface area contributed by atoms with Crippen LogP contribution in [0.4, 0.5) is 0 Å². The van der Waals surface area contributed by atoms with Crippen LogP contribution in [0.15, 0.2) is 0 Å². The molecule has 6 N–H and O–H groups in total. The minimum atomic E-state index is -0.277.